The first-order valence-corrected chi connectivity index (χ1v) is 10.9. The number of rotatable bonds is 6. The molecule has 8 nitrogen and oxygen atoms in total. The minimum absolute atomic E-state index is 0.107. The molecule has 1 aliphatic heterocycles. The maximum Gasteiger partial charge on any atom is 0.254 e. The number of nitrogens with zero attached hydrogens (tertiary/aromatic N) is 1. The van der Waals surface area contributed by atoms with Crippen LogP contribution in [0.4, 0.5) is 0 Å². The van der Waals surface area contributed by atoms with Crippen LogP contribution in [0.3, 0.4) is 0 Å². The molecular formula is C22H25Cl2N3O5. The van der Waals surface area contributed by atoms with Crippen molar-refractivity contribution in [1.82, 2.24) is 15.6 Å². The van der Waals surface area contributed by atoms with E-state index in [4.69, 9.17) is 37.4 Å². The summed E-state index contributed by atoms with van der Waals surface area (Å²) in [5, 5.41) is 5.93. The first-order chi connectivity index (χ1) is 15.3. The van der Waals surface area contributed by atoms with Crippen LogP contribution in [0.5, 0.6) is 0 Å². The number of nitrogens with one attached hydrogen (secondary N) is 2. The summed E-state index contributed by atoms with van der Waals surface area (Å²) in [6, 6.07) is 8.85. The van der Waals surface area contributed by atoms with Crippen LogP contribution in [0, 0.1) is 0 Å². The average Bonchev–Trinajstić information content (AvgIpc) is 2.75. The van der Waals surface area contributed by atoms with Gasteiger partial charge in [0.2, 0.25) is 0 Å². The number of halogens is 2. The average molecular weight is 482 g/mol. The van der Waals surface area contributed by atoms with Crippen molar-refractivity contribution >= 4 is 35.0 Å². The van der Waals surface area contributed by atoms with Crippen LogP contribution in [0.25, 0.3) is 0 Å². The molecule has 0 saturated carbocycles. The van der Waals surface area contributed by atoms with Gasteiger partial charge in [-0.3, -0.25) is 14.6 Å². The van der Waals surface area contributed by atoms with Gasteiger partial charge in [0, 0.05) is 31.0 Å². The summed E-state index contributed by atoms with van der Waals surface area (Å²) in [7, 11) is 0. The van der Waals surface area contributed by atoms with Crippen molar-refractivity contribution in [3.05, 3.63) is 63.9 Å². The lowest BCUT2D eigenvalue weighted by Gasteiger charge is -2.37. The van der Waals surface area contributed by atoms with Crippen LogP contribution >= 0.6 is 23.2 Å². The molecule has 1 aliphatic rings. The number of amides is 2. The maximum absolute atomic E-state index is 12.7. The summed E-state index contributed by atoms with van der Waals surface area (Å²) in [6.07, 6.45) is 1.54. The van der Waals surface area contributed by atoms with Crippen molar-refractivity contribution in [2.24, 2.45) is 0 Å². The van der Waals surface area contributed by atoms with Crippen LogP contribution in [0.1, 0.15) is 34.6 Å². The van der Waals surface area contributed by atoms with Crippen molar-refractivity contribution in [3.63, 3.8) is 0 Å². The quantitative estimate of drug-likeness (QED) is 0.657. The fourth-order valence-electron chi connectivity index (χ4n) is 3.23. The molecule has 32 heavy (non-hydrogen) atoms. The monoisotopic (exact) mass is 481 g/mol. The molecule has 3 rings (SSSR count). The summed E-state index contributed by atoms with van der Waals surface area (Å²) in [5.41, 5.74) is 0.661. The topological polar surface area (TPSA) is 98.8 Å². The standard InChI is InChI=1S/C22H25Cl2N3O5/c1-22(2)31-9-8-30-17(12-27-21(29)19-15(23)10-25-11-16(19)24)18(32-22)13-26-20(28)14-6-4-3-5-7-14/h3-7,10-11,17-18H,8-9,12-13H2,1-2H3,(H,26,28)(H,27,29)/t17-,18+/m1/s1. The fraction of sp³-hybridized carbons (Fsp3) is 0.409. The third-order valence-corrected chi connectivity index (χ3v) is 5.33. The molecule has 2 heterocycles. The summed E-state index contributed by atoms with van der Waals surface area (Å²) < 4.78 is 17.6. The first-order valence-electron chi connectivity index (χ1n) is 10.1. The Morgan fingerprint density at radius 2 is 1.62 bits per heavy atom. The Morgan fingerprint density at radius 3 is 2.31 bits per heavy atom. The highest BCUT2D eigenvalue weighted by atomic mass is 35.5. The van der Waals surface area contributed by atoms with Crippen molar-refractivity contribution < 1.29 is 23.8 Å². The van der Waals surface area contributed by atoms with E-state index in [-0.39, 0.29) is 34.6 Å². The Kier molecular flexibility index (Phi) is 8.44. The van der Waals surface area contributed by atoms with Crippen LogP contribution < -0.4 is 10.6 Å². The number of carbonyl (C=O) groups is 2. The number of pyridine rings is 1. The normalized spacial score (nSPS) is 20.6. The fourth-order valence-corrected chi connectivity index (χ4v) is 3.76. The van der Waals surface area contributed by atoms with Gasteiger partial charge in [0.05, 0.1) is 28.8 Å². The molecule has 1 saturated heterocycles. The van der Waals surface area contributed by atoms with E-state index < -0.39 is 23.9 Å². The number of hydrogen-bond acceptors (Lipinski definition) is 6. The van der Waals surface area contributed by atoms with Crippen molar-refractivity contribution in [3.8, 4) is 0 Å². The van der Waals surface area contributed by atoms with Gasteiger partial charge in [0.25, 0.3) is 11.8 Å². The highest BCUT2D eigenvalue weighted by Gasteiger charge is 2.34. The third-order valence-electron chi connectivity index (χ3n) is 4.76. The molecule has 0 aliphatic carbocycles. The van der Waals surface area contributed by atoms with Gasteiger partial charge in [-0.25, -0.2) is 0 Å². The van der Waals surface area contributed by atoms with Gasteiger partial charge in [0.15, 0.2) is 5.79 Å². The van der Waals surface area contributed by atoms with E-state index in [9.17, 15) is 9.59 Å². The first kappa shape index (κ1) is 24.4. The second-order valence-corrected chi connectivity index (χ2v) is 8.39. The van der Waals surface area contributed by atoms with Crippen molar-refractivity contribution in [2.75, 3.05) is 26.3 Å². The van der Waals surface area contributed by atoms with Crippen molar-refractivity contribution in [2.45, 2.75) is 31.8 Å². The molecule has 0 bridgehead atoms. The van der Waals surface area contributed by atoms with Crippen LogP contribution in [-0.2, 0) is 14.2 Å². The Balaban J connectivity index is 1.70. The lowest BCUT2D eigenvalue weighted by Crippen LogP contribution is -2.52. The zero-order valence-corrected chi connectivity index (χ0v) is 19.3. The highest BCUT2D eigenvalue weighted by Crippen LogP contribution is 2.23. The predicted octanol–water partition coefficient (Wildman–Crippen LogP) is 3.08. The summed E-state index contributed by atoms with van der Waals surface area (Å²) >= 11 is 12.1. The largest absolute Gasteiger partial charge is 0.371 e. The molecule has 2 aromatic rings. The number of carbonyl (C=O) groups excluding carboxylic acids is 2. The predicted molar refractivity (Wildman–Crippen MR) is 120 cm³/mol. The molecule has 2 atom stereocenters. The maximum atomic E-state index is 12.7. The summed E-state index contributed by atoms with van der Waals surface area (Å²) in [4.78, 5) is 29.0. The van der Waals surface area contributed by atoms with E-state index in [1.165, 1.54) is 12.4 Å². The van der Waals surface area contributed by atoms with Crippen LogP contribution in [-0.4, -0.2) is 61.1 Å². The van der Waals surface area contributed by atoms with E-state index in [1.807, 2.05) is 6.07 Å². The number of aromatic nitrogens is 1. The van der Waals surface area contributed by atoms with Crippen molar-refractivity contribution in [1.29, 1.82) is 0 Å². The number of ether oxygens (including phenoxy) is 3. The van der Waals surface area contributed by atoms with Gasteiger partial charge in [-0.2, -0.15) is 0 Å². The van der Waals surface area contributed by atoms with Crippen LogP contribution in [0.15, 0.2) is 42.7 Å². The summed E-state index contributed by atoms with van der Waals surface area (Å²) in [6.45, 7) is 4.45. The molecule has 0 unspecified atom stereocenters. The molecule has 2 N–H and O–H groups in total. The molecule has 0 spiro atoms. The number of hydrogen-bond donors (Lipinski definition) is 2. The van der Waals surface area contributed by atoms with Crippen LogP contribution in [0.2, 0.25) is 10.0 Å². The zero-order valence-electron chi connectivity index (χ0n) is 17.8. The molecule has 1 fully saturated rings. The lowest BCUT2D eigenvalue weighted by atomic mass is 10.1. The minimum atomic E-state index is -0.897. The Morgan fingerprint density at radius 1 is 1.00 bits per heavy atom. The van der Waals surface area contributed by atoms with Gasteiger partial charge in [-0.15, -0.1) is 0 Å². The van der Waals surface area contributed by atoms with E-state index >= 15 is 0 Å². The van der Waals surface area contributed by atoms with Gasteiger partial charge in [-0.1, -0.05) is 41.4 Å². The minimum Gasteiger partial charge on any atom is -0.371 e. The SMILES string of the molecule is CC1(C)OCCO[C@H](CNC(=O)c2c(Cl)cncc2Cl)[C@H](CNC(=O)c2ccccc2)O1. The Hall–Kier alpha value is -2.23. The molecular weight excluding hydrogens is 457 g/mol. The smallest absolute Gasteiger partial charge is 0.254 e. The highest BCUT2D eigenvalue weighted by molar-refractivity contribution is 6.39. The zero-order chi connectivity index (χ0) is 23.1. The third kappa shape index (κ3) is 6.63. The molecule has 172 valence electrons. The second kappa shape index (κ2) is 11.1. The molecule has 0 radical (unpaired) electrons. The Bertz CT molecular complexity index is 922. The van der Waals surface area contributed by atoms with Gasteiger partial charge in [-0.05, 0) is 26.0 Å². The van der Waals surface area contributed by atoms with E-state index in [0.29, 0.717) is 18.8 Å². The number of benzene rings is 1. The molecule has 2 amide bonds. The van der Waals surface area contributed by atoms with E-state index in [0.717, 1.165) is 0 Å². The van der Waals surface area contributed by atoms with Gasteiger partial charge in [0.1, 0.15) is 12.2 Å². The van der Waals surface area contributed by atoms with E-state index in [1.54, 1.807) is 38.1 Å². The van der Waals surface area contributed by atoms with Gasteiger partial charge < -0.3 is 24.8 Å². The second-order valence-electron chi connectivity index (χ2n) is 7.58. The summed E-state index contributed by atoms with van der Waals surface area (Å²) in [5.74, 6) is -1.60. The van der Waals surface area contributed by atoms with E-state index in [2.05, 4.69) is 15.6 Å². The Labute approximate surface area is 196 Å². The lowest BCUT2D eigenvalue weighted by molar-refractivity contribution is -0.277. The molecule has 1 aromatic carbocycles. The van der Waals surface area contributed by atoms with Gasteiger partial charge >= 0.3 is 0 Å². The molecule has 10 heteroatoms. The molecule has 1 aromatic heterocycles.